The summed E-state index contributed by atoms with van der Waals surface area (Å²) < 4.78 is 10.9. The van der Waals surface area contributed by atoms with Crippen LogP contribution in [0.2, 0.25) is 0 Å². The second-order valence-corrected chi connectivity index (χ2v) is 7.47. The first-order chi connectivity index (χ1) is 13.1. The molecule has 154 valence electrons. The van der Waals surface area contributed by atoms with Crippen molar-refractivity contribution in [3.05, 3.63) is 17.5 Å². The Balaban J connectivity index is 1.90. The molecule has 1 aliphatic heterocycles. The first-order valence-corrected chi connectivity index (χ1v) is 10.3. The Morgan fingerprint density at radius 2 is 1.93 bits per heavy atom. The summed E-state index contributed by atoms with van der Waals surface area (Å²) in [5, 5.41) is 10.9. The topological polar surface area (TPSA) is 74.9 Å². The molecule has 1 fully saturated rings. The van der Waals surface area contributed by atoms with Crippen LogP contribution in [-0.2, 0) is 11.3 Å². The van der Waals surface area contributed by atoms with Gasteiger partial charge in [0.05, 0.1) is 25.5 Å². The second kappa shape index (κ2) is 11.3. The van der Waals surface area contributed by atoms with E-state index < -0.39 is 0 Å². The maximum Gasteiger partial charge on any atom is 0.191 e. The number of hydrogen-bond donors (Lipinski definition) is 2. The van der Waals surface area contributed by atoms with E-state index in [-0.39, 0.29) is 0 Å². The largest absolute Gasteiger partial charge is 0.379 e. The minimum atomic E-state index is 0.370. The summed E-state index contributed by atoms with van der Waals surface area (Å²) in [5.41, 5.74) is 0.982. The summed E-state index contributed by atoms with van der Waals surface area (Å²) in [6.45, 7) is 13.9. The van der Waals surface area contributed by atoms with E-state index in [1.807, 2.05) is 6.07 Å². The standard InChI is InChI=1S/C20H37N5O2/c1-6-16(7-2)19(25-8-10-26-11-9-25)14-23-20(21-5)22-13-17-12-18(15(3)4)24-27-17/h12,15-16,19H,6-11,13-14H2,1-5H3,(H2,21,22,23). The molecule has 27 heavy (non-hydrogen) atoms. The molecule has 2 heterocycles. The Morgan fingerprint density at radius 3 is 2.48 bits per heavy atom. The van der Waals surface area contributed by atoms with Gasteiger partial charge in [-0.2, -0.15) is 0 Å². The van der Waals surface area contributed by atoms with Crippen molar-refractivity contribution in [2.45, 2.75) is 59.0 Å². The molecule has 2 rings (SSSR count). The molecule has 1 aromatic rings. The van der Waals surface area contributed by atoms with Gasteiger partial charge in [0.2, 0.25) is 0 Å². The van der Waals surface area contributed by atoms with Crippen LogP contribution >= 0.6 is 0 Å². The normalized spacial score (nSPS) is 17.5. The summed E-state index contributed by atoms with van der Waals surface area (Å²) in [4.78, 5) is 6.92. The number of guanidine groups is 1. The number of aromatic nitrogens is 1. The molecule has 0 radical (unpaired) electrons. The lowest BCUT2D eigenvalue weighted by Crippen LogP contribution is -2.53. The number of morpholine rings is 1. The van der Waals surface area contributed by atoms with Crippen LogP contribution in [0.1, 0.15) is 57.9 Å². The monoisotopic (exact) mass is 379 g/mol. The van der Waals surface area contributed by atoms with Crippen molar-refractivity contribution in [3.8, 4) is 0 Å². The summed E-state index contributed by atoms with van der Waals surface area (Å²) in [6.07, 6.45) is 2.37. The Labute approximate surface area is 163 Å². The molecule has 1 atom stereocenters. The van der Waals surface area contributed by atoms with Crippen molar-refractivity contribution in [1.29, 1.82) is 0 Å². The third-order valence-electron chi connectivity index (χ3n) is 5.41. The molecule has 0 spiro atoms. The Kier molecular flexibility index (Phi) is 9.07. The van der Waals surface area contributed by atoms with E-state index >= 15 is 0 Å². The molecule has 7 heteroatoms. The van der Waals surface area contributed by atoms with Gasteiger partial charge in [-0.25, -0.2) is 0 Å². The minimum Gasteiger partial charge on any atom is -0.379 e. The quantitative estimate of drug-likeness (QED) is 0.507. The molecule has 2 N–H and O–H groups in total. The average molecular weight is 380 g/mol. The molecular weight excluding hydrogens is 342 g/mol. The van der Waals surface area contributed by atoms with Crippen LogP contribution in [0.5, 0.6) is 0 Å². The number of nitrogens with zero attached hydrogens (tertiary/aromatic N) is 3. The smallest absolute Gasteiger partial charge is 0.191 e. The fourth-order valence-electron chi connectivity index (χ4n) is 3.61. The van der Waals surface area contributed by atoms with Crippen LogP contribution < -0.4 is 10.6 Å². The maximum absolute atomic E-state index is 5.54. The fourth-order valence-corrected chi connectivity index (χ4v) is 3.61. The number of hydrogen-bond acceptors (Lipinski definition) is 5. The zero-order chi connectivity index (χ0) is 19.6. The van der Waals surface area contributed by atoms with E-state index in [0.717, 1.165) is 50.3 Å². The number of aliphatic imine (C=N–C) groups is 1. The Morgan fingerprint density at radius 1 is 1.22 bits per heavy atom. The summed E-state index contributed by atoms with van der Waals surface area (Å²) in [7, 11) is 1.80. The molecule has 0 saturated carbocycles. The molecule has 0 amide bonds. The Bertz CT molecular complexity index is 562. The van der Waals surface area contributed by atoms with E-state index in [1.165, 1.54) is 12.8 Å². The molecule has 1 saturated heterocycles. The van der Waals surface area contributed by atoms with E-state index in [1.54, 1.807) is 7.05 Å². The lowest BCUT2D eigenvalue weighted by atomic mass is 9.92. The van der Waals surface area contributed by atoms with E-state index in [9.17, 15) is 0 Å². The fraction of sp³-hybridized carbons (Fsp3) is 0.800. The van der Waals surface area contributed by atoms with Crippen LogP contribution in [0.3, 0.4) is 0 Å². The highest BCUT2D eigenvalue weighted by Gasteiger charge is 2.27. The van der Waals surface area contributed by atoms with Crippen LogP contribution in [0, 0.1) is 5.92 Å². The maximum atomic E-state index is 5.54. The third kappa shape index (κ3) is 6.50. The van der Waals surface area contributed by atoms with Gasteiger partial charge in [-0.05, 0) is 11.8 Å². The van der Waals surface area contributed by atoms with E-state index in [4.69, 9.17) is 9.26 Å². The van der Waals surface area contributed by atoms with Gasteiger partial charge in [0.15, 0.2) is 11.7 Å². The molecule has 0 aromatic carbocycles. The highest BCUT2D eigenvalue weighted by atomic mass is 16.5. The molecule has 7 nitrogen and oxygen atoms in total. The van der Waals surface area contributed by atoms with Gasteiger partial charge in [-0.15, -0.1) is 0 Å². The summed E-state index contributed by atoms with van der Waals surface area (Å²) >= 11 is 0. The summed E-state index contributed by atoms with van der Waals surface area (Å²) in [6, 6.07) is 2.49. The van der Waals surface area contributed by atoms with Crippen molar-refractivity contribution >= 4 is 5.96 Å². The van der Waals surface area contributed by atoms with Crippen LogP contribution in [0.25, 0.3) is 0 Å². The van der Waals surface area contributed by atoms with Gasteiger partial charge < -0.3 is 19.9 Å². The van der Waals surface area contributed by atoms with Gasteiger partial charge in [0.1, 0.15) is 0 Å². The van der Waals surface area contributed by atoms with Crippen molar-refractivity contribution in [2.24, 2.45) is 10.9 Å². The van der Waals surface area contributed by atoms with Crippen molar-refractivity contribution < 1.29 is 9.26 Å². The van der Waals surface area contributed by atoms with Gasteiger partial charge in [0.25, 0.3) is 0 Å². The molecule has 1 aromatic heterocycles. The first kappa shape index (κ1) is 21.7. The highest BCUT2D eigenvalue weighted by Crippen LogP contribution is 2.19. The van der Waals surface area contributed by atoms with Crippen LogP contribution in [0.15, 0.2) is 15.6 Å². The zero-order valence-corrected chi connectivity index (χ0v) is 17.6. The third-order valence-corrected chi connectivity index (χ3v) is 5.41. The van der Waals surface area contributed by atoms with Crippen molar-refractivity contribution in [3.63, 3.8) is 0 Å². The average Bonchev–Trinajstić information content (AvgIpc) is 3.17. The highest BCUT2D eigenvalue weighted by molar-refractivity contribution is 5.79. The van der Waals surface area contributed by atoms with Gasteiger partial charge in [0, 0.05) is 38.8 Å². The molecule has 0 bridgehead atoms. The van der Waals surface area contributed by atoms with Crippen molar-refractivity contribution in [2.75, 3.05) is 39.9 Å². The predicted molar refractivity (Wildman–Crippen MR) is 109 cm³/mol. The van der Waals surface area contributed by atoms with E-state index in [2.05, 4.69) is 53.4 Å². The molecule has 1 aliphatic rings. The van der Waals surface area contributed by atoms with Gasteiger partial charge >= 0.3 is 0 Å². The number of nitrogens with one attached hydrogen (secondary N) is 2. The van der Waals surface area contributed by atoms with Crippen LogP contribution in [0.4, 0.5) is 0 Å². The molecular formula is C20H37N5O2. The SMILES string of the molecule is CCC(CC)C(CNC(=NC)NCc1cc(C(C)C)no1)N1CCOCC1. The number of ether oxygens (including phenoxy) is 1. The van der Waals surface area contributed by atoms with Gasteiger partial charge in [-0.3, -0.25) is 9.89 Å². The number of rotatable bonds is 9. The van der Waals surface area contributed by atoms with Gasteiger partial charge in [-0.1, -0.05) is 45.7 Å². The predicted octanol–water partition coefficient (Wildman–Crippen LogP) is 2.60. The molecule has 0 aliphatic carbocycles. The van der Waals surface area contributed by atoms with Crippen LogP contribution in [-0.4, -0.2) is 62.0 Å². The van der Waals surface area contributed by atoms with E-state index in [0.29, 0.717) is 24.4 Å². The Hall–Kier alpha value is -1.60. The minimum absolute atomic E-state index is 0.370. The first-order valence-electron chi connectivity index (χ1n) is 10.3. The zero-order valence-electron chi connectivity index (χ0n) is 17.6. The summed E-state index contributed by atoms with van der Waals surface area (Å²) in [5.74, 6) is 2.65. The lowest BCUT2D eigenvalue weighted by molar-refractivity contribution is 0.00272. The van der Waals surface area contributed by atoms with Crippen molar-refractivity contribution in [1.82, 2.24) is 20.7 Å². The second-order valence-electron chi connectivity index (χ2n) is 7.47. The molecule has 1 unspecified atom stereocenters. The lowest BCUT2D eigenvalue weighted by Gasteiger charge is -2.39.